The van der Waals surface area contributed by atoms with Crippen LogP contribution >= 0.6 is 0 Å². The number of carbonyl (C=O) groups is 3. The van der Waals surface area contributed by atoms with Crippen LogP contribution in [0.2, 0.25) is 0 Å². The second kappa shape index (κ2) is 6.91. The van der Waals surface area contributed by atoms with Crippen LogP contribution in [-0.4, -0.2) is 68.9 Å². The van der Waals surface area contributed by atoms with Crippen molar-refractivity contribution in [1.29, 1.82) is 0 Å². The van der Waals surface area contributed by atoms with Crippen LogP contribution in [0.1, 0.15) is 30.8 Å². The average molecular weight is 394 g/mol. The van der Waals surface area contributed by atoms with Crippen molar-refractivity contribution in [3.05, 3.63) is 11.9 Å². The Balaban J connectivity index is 0.00000243. The van der Waals surface area contributed by atoms with Crippen LogP contribution in [0.5, 0.6) is 0 Å². The molecular formula is C13H15N4NaO7S. The van der Waals surface area contributed by atoms with Crippen molar-refractivity contribution in [1.82, 2.24) is 19.9 Å². The van der Waals surface area contributed by atoms with E-state index in [-0.39, 0.29) is 48.3 Å². The number of fused-ring (bicyclic) bond motifs is 1. The molecule has 0 aliphatic carbocycles. The van der Waals surface area contributed by atoms with E-state index < -0.39 is 50.4 Å². The Kier molecular flexibility index (Phi) is 5.53. The van der Waals surface area contributed by atoms with Crippen molar-refractivity contribution in [2.45, 2.75) is 43.0 Å². The van der Waals surface area contributed by atoms with E-state index >= 15 is 0 Å². The van der Waals surface area contributed by atoms with E-state index in [4.69, 9.17) is 4.74 Å². The standard InChI is InChI=1S/C13H16N4O7S.Na/c1-3-24-12(21)7-5-16(15-14-7)6-13(2)10(11(19)20)17-8(18)4-9(17)25(13,22)23;/h5,9-10H,3-4,6H2,1-2H3,(H,19,20);/q;+1/p-1/t9-,10+,13+;/m1./s1. The number of aliphatic carboxylic acids is 1. The van der Waals surface area contributed by atoms with Gasteiger partial charge in [-0.15, -0.1) is 5.10 Å². The van der Waals surface area contributed by atoms with E-state index in [1.807, 2.05) is 0 Å². The van der Waals surface area contributed by atoms with Crippen LogP contribution in [-0.2, 0) is 30.7 Å². The Morgan fingerprint density at radius 3 is 2.65 bits per heavy atom. The summed E-state index contributed by atoms with van der Waals surface area (Å²) >= 11 is 0. The molecule has 0 bridgehead atoms. The molecule has 1 aromatic rings. The number of rotatable bonds is 5. The summed E-state index contributed by atoms with van der Waals surface area (Å²) in [5, 5.41) is 17.6. The summed E-state index contributed by atoms with van der Waals surface area (Å²) in [6, 6.07) is -1.64. The predicted octanol–water partition coefficient (Wildman–Crippen LogP) is -5.68. The van der Waals surface area contributed by atoms with Crippen LogP contribution in [0.15, 0.2) is 6.20 Å². The predicted molar refractivity (Wildman–Crippen MR) is 77.3 cm³/mol. The van der Waals surface area contributed by atoms with Gasteiger partial charge in [0, 0.05) is 0 Å². The zero-order valence-corrected chi connectivity index (χ0v) is 17.2. The van der Waals surface area contributed by atoms with Crippen molar-refractivity contribution >= 4 is 27.7 Å². The van der Waals surface area contributed by atoms with Gasteiger partial charge in [0.05, 0.1) is 37.8 Å². The van der Waals surface area contributed by atoms with Crippen LogP contribution in [0, 0.1) is 0 Å². The van der Waals surface area contributed by atoms with Crippen LogP contribution in [0.4, 0.5) is 0 Å². The molecule has 0 aromatic carbocycles. The maximum atomic E-state index is 12.7. The number of amides is 1. The molecule has 11 nitrogen and oxygen atoms in total. The molecule has 0 radical (unpaired) electrons. The van der Waals surface area contributed by atoms with Crippen LogP contribution in [0.25, 0.3) is 0 Å². The van der Waals surface area contributed by atoms with E-state index in [0.717, 1.165) is 9.58 Å². The summed E-state index contributed by atoms with van der Waals surface area (Å²) in [6.07, 6.45) is 0.912. The third kappa shape index (κ3) is 2.84. The molecule has 0 spiro atoms. The van der Waals surface area contributed by atoms with E-state index in [1.54, 1.807) is 6.92 Å². The smallest absolute Gasteiger partial charge is 0.548 e. The van der Waals surface area contributed by atoms with Gasteiger partial charge in [-0.3, -0.25) is 4.79 Å². The number of hydrogen-bond acceptors (Lipinski definition) is 9. The molecule has 3 atom stereocenters. The van der Waals surface area contributed by atoms with Gasteiger partial charge in [0.2, 0.25) is 5.91 Å². The summed E-state index contributed by atoms with van der Waals surface area (Å²) in [6.45, 7) is 2.56. The molecule has 3 heterocycles. The molecule has 13 heteroatoms. The Bertz CT molecular complexity index is 870. The minimum absolute atomic E-state index is 0. The summed E-state index contributed by atoms with van der Waals surface area (Å²) < 4.78 is 29.4. The third-order valence-electron chi connectivity index (χ3n) is 4.53. The normalized spacial score (nSPS) is 28.7. The van der Waals surface area contributed by atoms with Crippen molar-refractivity contribution in [2.75, 3.05) is 6.61 Å². The molecular weight excluding hydrogens is 379 g/mol. The summed E-state index contributed by atoms with van der Waals surface area (Å²) in [5.41, 5.74) is -0.134. The van der Waals surface area contributed by atoms with E-state index in [9.17, 15) is 27.9 Å². The number of carboxylic acids is 1. The zero-order valence-electron chi connectivity index (χ0n) is 14.4. The second-order valence-electron chi connectivity index (χ2n) is 6.06. The van der Waals surface area contributed by atoms with E-state index in [1.165, 1.54) is 13.1 Å². The topological polar surface area (TPSA) is 152 Å². The number of β-lactam (4-membered cyclic amide) rings is 1. The zero-order chi connectivity index (χ0) is 18.6. The van der Waals surface area contributed by atoms with E-state index in [2.05, 4.69) is 10.3 Å². The first-order chi connectivity index (χ1) is 11.6. The number of carboxylic acid groups (broad SMARTS) is 1. The molecule has 0 saturated carbocycles. The molecule has 0 unspecified atom stereocenters. The maximum absolute atomic E-state index is 12.7. The Hall–Kier alpha value is -1.50. The van der Waals surface area contributed by atoms with Crippen molar-refractivity contribution in [3.63, 3.8) is 0 Å². The van der Waals surface area contributed by atoms with Gasteiger partial charge in [-0.2, -0.15) is 0 Å². The number of aromatic nitrogens is 3. The average Bonchev–Trinajstić information content (AvgIpc) is 3.01. The summed E-state index contributed by atoms with van der Waals surface area (Å²) in [5.74, 6) is -2.95. The van der Waals surface area contributed by atoms with Gasteiger partial charge in [0.15, 0.2) is 15.5 Å². The molecule has 1 amide bonds. The Labute approximate surface area is 170 Å². The summed E-state index contributed by atoms with van der Waals surface area (Å²) in [7, 11) is -3.99. The molecule has 136 valence electrons. The van der Waals surface area contributed by atoms with Gasteiger partial charge in [-0.25, -0.2) is 17.9 Å². The first-order valence-electron chi connectivity index (χ1n) is 7.46. The third-order valence-corrected chi connectivity index (χ3v) is 7.30. The molecule has 2 aliphatic rings. The van der Waals surface area contributed by atoms with Crippen molar-refractivity contribution < 1.29 is 62.2 Å². The molecule has 2 fully saturated rings. The monoisotopic (exact) mass is 394 g/mol. The molecule has 0 N–H and O–H groups in total. The van der Waals surface area contributed by atoms with Crippen LogP contribution in [0.3, 0.4) is 0 Å². The van der Waals surface area contributed by atoms with Crippen molar-refractivity contribution in [2.24, 2.45) is 0 Å². The quantitative estimate of drug-likeness (QED) is 0.270. The minimum Gasteiger partial charge on any atom is -0.548 e. The number of sulfone groups is 1. The largest absolute Gasteiger partial charge is 1.00 e. The number of esters is 1. The fourth-order valence-corrected chi connectivity index (χ4v) is 5.62. The number of nitrogens with zero attached hydrogens (tertiary/aromatic N) is 4. The first kappa shape index (κ1) is 20.8. The number of ether oxygens (including phenoxy) is 1. The van der Waals surface area contributed by atoms with E-state index in [0.29, 0.717) is 0 Å². The molecule has 2 aliphatic heterocycles. The van der Waals surface area contributed by atoms with Crippen molar-refractivity contribution in [3.8, 4) is 0 Å². The fraction of sp³-hybridized carbons (Fsp3) is 0.615. The molecule has 26 heavy (non-hydrogen) atoms. The second-order valence-corrected chi connectivity index (χ2v) is 8.63. The van der Waals surface area contributed by atoms with Gasteiger partial charge < -0.3 is 19.5 Å². The summed E-state index contributed by atoms with van der Waals surface area (Å²) in [4.78, 5) is 35.7. The van der Waals surface area contributed by atoms with Gasteiger partial charge in [-0.05, 0) is 13.8 Å². The number of hydrogen-bond donors (Lipinski definition) is 0. The first-order valence-corrected chi connectivity index (χ1v) is 9.01. The molecule has 3 rings (SSSR count). The molecule has 2 saturated heterocycles. The maximum Gasteiger partial charge on any atom is 1.00 e. The fourth-order valence-electron chi connectivity index (χ4n) is 3.27. The van der Waals surface area contributed by atoms with Gasteiger partial charge in [0.25, 0.3) is 0 Å². The molecule has 1 aromatic heterocycles. The Morgan fingerprint density at radius 1 is 1.46 bits per heavy atom. The van der Waals surface area contributed by atoms with Gasteiger partial charge in [-0.1, -0.05) is 5.21 Å². The Morgan fingerprint density at radius 2 is 2.12 bits per heavy atom. The SMILES string of the molecule is CCOC(=O)c1cn(C[C@@]2(C)[C@H](C(=O)[O-])N3C(=O)C[C@H]3S2(=O)=O)nn1.[Na+]. The number of carbonyl (C=O) groups excluding carboxylic acids is 3. The van der Waals surface area contributed by atoms with Crippen LogP contribution < -0.4 is 34.7 Å². The van der Waals surface area contributed by atoms with Gasteiger partial charge in [0.1, 0.15) is 10.1 Å². The minimum atomic E-state index is -3.99. The van der Waals surface area contributed by atoms with Gasteiger partial charge >= 0.3 is 35.5 Å².